The topological polar surface area (TPSA) is 60.1 Å². The van der Waals surface area contributed by atoms with E-state index in [9.17, 15) is 4.79 Å². The number of rotatable bonds is 4. The number of furan rings is 1. The quantitative estimate of drug-likeness (QED) is 0.937. The number of nitrogens with one attached hydrogen (secondary N) is 1. The van der Waals surface area contributed by atoms with E-state index in [4.69, 9.17) is 16.0 Å². The summed E-state index contributed by atoms with van der Waals surface area (Å²) < 4.78 is 7.25. The summed E-state index contributed by atoms with van der Waals surface area (Å²) in [5, 5.41) is 7.67. The normalized spacial score (nSPS) is 10.7. The van der Waals surface area contributed by atoms with Crippen LogP contribution in [0.15, 0.2) is 16.5 Å². The minimum Gasteiger partial charge on any atom is -0.454 e. The Morgan fingerprint density at radius 3 is 2.79 bits per heavy atom. The molecule has 0 fully saturated rings. The van der Waals surface area contributed by atoms with Crippen LogP contribution < -0.4 is 5.32 Å². The average molecular weight is 282 g/mol. The molecule has 0 aliphatic carbocycles. The van der Waals surface area contributed by atoms with E-state index < -0.39 is 0 Å². The Balaban J connectivity index is 2.16. The molecule has 0 atom stereocenters. The molecule has 2 heterocycles. The fourth-order valence-corrected chi connectivity index (χ4v) is 1.94. The van der Waals surface area contributed by atoms with Crippen molar-refractivity contribution in [1.29, 1.82) is 0 Å². The summed E-state index contributed by atoms with van der Waals surface area (Å²) in [7, 11) is 0. The molecule has 102 valence electrons. The molecular formula is C13H16ClN3O2. The van der Waals surface area contributed by atoms with Crippen molar-refractivity contribution in [1.82, 2.24) is 15.1 Å². The van der Waals surface area contributed by atoms with Gasteiger partial charge in [-0.05, 0) is 32.9 Å². The summed E-state index contributed by atoms with van der Waals surface area (Å²) in [6, 6.07) is 3.43. The maximum atomic E-state index is 11.6. The molecule has 0 saturated carbocycles. The van der Waals surface area contributed by atoms with Gasteiger partial charge < -0.3 is 9.73 Å². The summed E-state index contributed by atoms with van der Waals surface area (Å²) in [6.07, 6.45) is 0. The molecule has 0 aliphatic rings. The van der Waals surface area contributed by atoms with Crippen LogP contribution in [0.3, 0.4) is 0 Å². The Bertz CT molecular complexity index is 601. The summed E-state index contributed by atoms with van der Waals surface area (Å²) in [4.78, 5) is 11.6. The number of carbonyl (C=O) groups is 1. The fraction of sp³-hybridized carbons (Fsp3) is 0.385. The van der Waals surface area contributed by atoms with Crippen LogP contribution in [0.25, 0.3) is 0 Å². The molecule has 2 aromatic rings. The van der Waals surface area contributed by atoms with Crippen LogP contribution >= 0.6 is 11.6 Å². The summed E-state index contributed by atoms with van der Waals surface area (Å²) in [5.74, 6) is 0.771. The van der Waals surface area contributed by atoms with E-state index in [1.165, 1.54) is 0 Å². The van der Waals surface area contributed by atoms with Crippen LogP contribution in [0.2, 0.25) is 5.02 Å². The van der Waals surface area contributed by atoms with E-state index in [0.717, 1.165) is 11.4 Å². The van der Waals surface area contributed by atoms with Crippen molar-refractivity contribution >= 4 is 17.5 Å². The lowest BCUT2D eigenvalue weighted by atomic mass is 10.4. The van der Waals surface area contributed by atoms with E-state index in [1.807, 2.05) is 20.8 Å². The van der Waals surface area contributed by atoms with Crippen LogP contribution in [0.4, 0.5) is 0 Å². The Labute approximate surface area is 116 Å². The second-order valence-corrected chi connectivity index (χ2v) is 4.65. The minimum absolute atomic E-state index is 0.208. The van der Waals surface area contributed by atoms with Gasteiger partial charge in [-0.25, -0.2) is 0 Å². The minimum atomic E-state index is -0.208. The van der Waals surface area contributed by atoms with Gasteiger partial charge in [-0.15, -0.1) is 0 Å². The third-order valence-corrected chi connectivity index (χ3v) is 3.37. The predicted octanol–water partition coefficient (Wildman–Crippen LogP) is 2.54. The SMILES string of the molecule is CCNC(=O)c1ccc(Cn2nc(C)c(Cl)c2C)o1. The van der Waals surface area contributed by atoms with Crippen molar-refractivity contribution in [2.45, 2.75) is 27.3 Å². The van der Waals surface area contributed by atoms with Crippen LogP contribution in [-0.4, -0.2) is 22.2 Å². The molecular weight excluding hydrogens is 266 g/mol. The van der Waals surface area contributed by atoms with Crippen LogP contribution in [-0.2, 0) is 6.54 Å². The average Bonchev–Trinajstić information content (AvgIpc) is 2.92. The molecule has 5 nitrogen and oxygen atoms in total. The highest BCUT2D eigenvalue weighted by atomic mass is 35.5. The molecule has 0 bridgehead atoms. The zero-order valence-electron chi connectivity index (χ0n) is 11.2. The van der Waals surface area contributed by atoms with Crippen LogP contribution in [0.5, 0.6) is 0 Å². The van der Waals surface area contributed by atoms with E-state index in [2.05, 4.69) is 10.4 Å². The first-order chi connectivity index (χ1) is 9.02. The first kappa shape index (κ1) is 13.7. The molecule has 0 saturated heterocycles. The van der Waals surface area contributed by atoms with Gasteiger partial charge in [0, 0.05) is 6.54 Å². The maximum Gasteiger partial charge on any atom is 0.286 e. The van der Waals surface area contributed by atoms with Gasteiger partial charge in [0.25, 0.3) is 5.91 Å². The molecule has 2 aromatic heterocycles. The van der Waals surface area contributed by atoms with Crippen molar-refractivity contribution in [3.8, 4) is 0 Å². The predicted molar refractivity (Wildman–Crippen MR) is 72.5 cm³/mol. The lowest BCUT2D eigenvalue weighted by Crippen LogP contribution is -2.21. The molecule has 0 radical (unpaired) electrons. The molecule has 0 spiro atoms. The molecule has 0 aliphatic heterocycles. The molecule has 6 heteroatoms. The third-order valence-electron chi connectivity index (χ3n) is 2.82. The number of amides is 1. The summed E-state index contributed by atoms with van der Waals surface area (Å²) >= 11 is 6.08. The van der Waals surface area contributed by atoms with Gasteiger partial charge in [0.2, 0.25) is 0 Å². The van der Waals surface area contributed by atoms with Gasteiger partial charge in [-0.2, -0.15) is 5.10 Å². The molecule has 2 rings (SSSR count). The largest absolute Gasteiger partial charge is 0.454 e. The maximum absolute atomic E-state index is 11.6. The van der Waals surface area contributed by atoms with Gasteiger partial charge in [0.1, 0.15) is 5.76 Å². The summed E-state index contributed by atoms with van der Waals surface area (Å²) in [6.45, 7) is 6.64. The standard InChI is InChI=1S/C13H16ClN3O2/c1-4-15-13(18)11-6-5-10(19-11)7-17-9(3)12(14)8(2)16-17/h5-6H,4,7H2,1-3H3,(H,15,18). The zero-order chi connectivity index (χ0) is 14.0. The number of hydrogen-bond donors (Lipinski definition) is 1. The van der Waals surface area contributed by atoms with Crippen molar-refractivity contribution in [2.75, 3.05) is 6.54 Å². The fourth-order valence-electron chi connectivity index (χ4n) is 1.81. The highest BCUT2D eigenvalue weighted by molar-refractivity contribution is 6.31. The first-order valence-electron chi connectivity index (χ1n) is 6.09. The number of nitrogens with zero attached hydrogens (tertiary/aromatic N) is 2. The number of hydrogen-bond acceptors (Lipinski definition) is 3. The van der Waals surface area contributed by atoms with E-state index in [-0.39, 0.29) is 5.91 Å². The molecule has 19 heavy (non-hydrogen) atoms. The summed E-state index contributed by atoms with van der Waals surface area (Å²) in [5.41, 5.74) is 1.67. The Morgan fingerprint density at radius 1 is 1.47 bits per heavy atom. The zero-order valence-corrected chi connectivity index (χ0v) is 11.9. The monoisotopic (exact) mass is 281 g/mol. The molecule has 0 unspecified atom stereocenters. The van der Waals surface area contributed by atoms with Crippen molar-refractivity contribution in [2.24, 2.45) is 0 Å². The number of aromatic nitrogens is 2. The first-order valence-corrected chi connectivity index (χ1v) is 6.47. The second kappa shape index (κ2) is 5.48. The van der Waals surface area contributed by atoms with Crippen LogP contribution in [0.1, 0.15) is 34.6 Å². The Hall–Kier alpha value is -1.75. The van der Waals surface area contributed by atoms with E-state index in [1.54, 1.807) is 16.8 Å². The van der Waals surface area contributed by atoms with Crippen LogP contribution in [0, 0.1) is 13.8 Å². The number of halogens is 1. The third kappa shape index (κ3) is 2.81. The number of carbonyl (C=O) groups excluding carboxylic acids is 1. The van der Waals surface area contributed by atoms with Gasteiger partial charge in [-0.3, -0.25) is 9.48 Å². The van der Waals surface area contributed by atoms with Crippen molar-refractivity contribution in [3.63, 3.8) is 0 Å². The number of aryl methyl sites for hydroxylation is 1. The van der Waals surface area contributed by atoms with Crippen molar-refractivity contribution < 1.29 is 9.21 Å². The molecule has 1 amide bonds. The van der Waals surface area contributed by atoms with E-state index in [0.29, 0.717) is 29.6 Å². The van der Waals surface area contributed by atoms with Gasteiger partial charge in [0.15, 0.2) is 5.76 Å². The van der Waals surface area contributed by atoms with E-state index >= 15 is 0 Å². The lowest BCUT2D eigenvalue weighted by Gasteiger charge is -2.01. The lowest BCUT2D eigenvalue weighted by molar-refractivity contribution is 0.0926. The second-order valence-electron chi connectivity index (χ2n) is 4.27. The van der Waals surface area contributed by atoms with Gasteiger partial charge in [0.05, 0.1) is 23.0 Å². The molecule has 0 aromatic carbocycles. The highest BCUT2D eigenvalue weighted by Crippen LogP contribution is 2.20. The van der Waals surface area contributed by atoms with Gasteiger partial charge >= 0.3 is 0 Å². The Kier molecular flexibility index (Phi) is 3.95. The van der Waals surface area contributed by atoms with Gasteiger partial charge in [-0.1, -0.05) is 11.6 Å². The highest BCUT2D eigenvalue weighted by Gasteiger charge is 2.13. The van der Waals surface area contributed by atoms with Crippen molar-refractivity contribution in [3.05, 3.63) is 40.1 Å². The smallest absolute Gasteiger partial charge is 0.286 e. The Morgan fingerprint density at radius 2 is 2.21 bits per heavy atom. The molecule has 1 N–H and O–H groups in total.